The highest BCUT2D eigenvalue weighted by Gasteiger charge is 2.10. The maximum absolute atomic E-state index is 4.43. The fourth-order valence-electron chi connectivity index (χ4n) is 2.67. The second-order valence-corrected chi connectivity index (χ2v) is 4.63. The molecular weight excluding hydrogens is 232 g/mol. The number of nitrogens with zero attached hydrogens (tertiary/aromatic N) is 1. The van der Waals surface area contributed by atoms with Crippen molar-refractivity contribution in [1.29, 1.82) is 0 Å². The van der Waals surface area contributed by atoms with Crippen molar-refractivity contribution in [3.63, 3.8) is 0 Å². The summed E-state index contributed by atoms with van der Waals surface area (Å²) in [4.78, 5) is 7.66. The van der Waals surface area contributed by atoms with Gasteiger partial charge in [-0.15, -0.1) is 0 Å². The summed E-state index contributed by atoms with van der Waals surface area (Å²) in [6.07, 6.45) is 3.66. The average Bonchev–Trinajstić information content (AvgIpc) is 2.98. The molecular formula is C17H12N2. The first-order valence-corrected chi connectivity index (χ1v) is 6.34. The van der Waals surface area contributed by atoms with Gasteiger partial charge in [-0.2, -0.15) is 0 Å². The Balaban J connectivity index is 2.27. The molecule has 1 heterocycles. The summed E-state index contributed by atoms with van der Waals surface area (Å²) in [5.74, 6) is 0.924. The first-order valence-electron chi connectivity index (χ1n) is 6.34. The van der Waals surface area contributed by atoms with E-state index in [0.29, 0.717) is 0 Å². The molecule has 4 aromatic rings. The van der Waals surface area contributed by atoms with Gasteiger partial charge in [0.05, 0.1) is 0 Å². The van der Waals surface area contributed by atoms with Crippen LogP contribution >= 0.6 is 0 Å². The highest BCUT2D eigenvalue weighted by atomic mass is 14.9. The van der Waals surface area contributed by atoms with E-state index >= 15 is 0 Å². The quantitative estimate of drug-likeness (QED) is 0.494. The van der Waals surface area contributed by atoms with Crippen LogP contribution in [0.25, 0.3) is 32.9 Å². The van der Waals surface area contributed by atoms with Gasteiger partial charge in [-0.3, -0.25) is 0 Å². The lowest BCUT2D eigenvalue weighted by atomic mass is 9.96. The van der Waals surface area contributed by atoms with Gasteiger partial charge in [-0.1, -0.05) is 48.5 Å². The maximum atomic E-state index is 4.43. The Bertz CT molecular complexity index is 807. The number of aromatic amines is 1. The molecule has 90 valence electrons. The first kappa shape index (κ1) is 10.3. The number of hydrogen-bond acceptors (Lipinski definition) is 1. The molecule has 0 aliphatic rings. The van der Waals surface area contributed by atoms with Gasteiger partial charge in [-0.05, 0) is 27.6 Å². The first-order chi connectivity index (χ1) is 9.43. The Labute approximate surface area is 110 Å². The molecule has 0 atom stereocenters. The molecule has 0 unspecified atom stereocenters. The van der Waals surface area contributed by atoms with E-state index in [1.165, 1.54) is 27.1 Å². The van der Waals surface area contributed by atoms with Crippen LogP contribution in [0.2, 0.25) is 0 Å². The zero-order valence-corrected chi connectivity index (χ0v) is 10.3. The Kier molecular flexibility index (Phi) is 2.15. The second-order valence-electron chi connectivity index (χ2n) is 4.63. The van der Waals surface area contributed by atoms with Gasteiger partial charge in [0.25, 0.3) is 0 Å². The molecule has 0 amide bonds. The summed E-state index contributed by atoms with van der Waals surface area (Å²) in [7, 11) is 0. The number of imidazole rings is 1. The fourth-order valence-corrected chi connectivity index (χ4v) is 2.67. The standard InChI is InChI=1S/C17H12N2/c1-3-7-14-12(5-1)11-13-6-2-4-8-15(13)16(14)17-18-9-10-19-17/h1-11H,(H,18,19). The van der Waals surface area contributed by atoms with Gasteiger partial charge < -0.3 is 4.98 Å². The van der Waals surface area contributed by atoms with E-state index in [1.54, 1.807) is 6.20 Å². The number of aromatic nitrogens is 2. The monoisotopic (exact) mass is 244 g/mol. The van der Waals surface area contributed by atoms with Crippen molar-refractivity contribution in [3.8, 4) is 11.4 Å². The van der Waals surface area contributed by atoms with Gasteiger partial charge in [0.1, 0.15) is 5.82 Å². The average molecular weight is 244 g/mol. The van der Waals surface area contributed by atoms with Gasteiger partial charge in [-0.25, -0.2) is 4.98 Å². The number of benzene rings is 3. The van der Waals surface area contributed by atoms with E-state index in [1.807, 2.05) is 6.20 Å². The van der Waals surface area contributed by atoms with Gasteiger partial charge >= 0.3 is 0 Å². The molecule has 1 N–H and O–H groups in total. The normalized spacial score (nSPS) is 11.2. The molecule has 0 saturated heterocycles. The molecule has 0 aliphatic heterocycles. The van der Waals surface area contributed by atoms with Crippen LogP contribution in [0.4, 0.5) is 0 Å². The Morgan fingerprint density at radius 1 is 0.789 bits per heavy atom. The van der Waals surface area contributed by atoms with Crippen LogP contribution in [0.15, 0.2) is 67.0 Å². The summed E-state index contributed by atoms with van der Waals surface area (Å²) in [5.41, 5.74) is 1.18. The molecule has 3 aromatic carbocycles. The van der Waals surface area contributed by atoms with Crippen LogP contribution in [-0.4, -0.2) is 9.97 Å². The minimum absolute atomic E-state index is 0.924. The molecule has 19 heavy (non-hydrogen) atoms. The van der Waals surface area contributed by atoms with Crippen LogP contribution in [0.5, 0.6) is 0 Å². The third-order valence-electron chi connectivity index (χ3n) is 3.51. The van der Waals surface area contributed by atoms with Crippen molar-refractivity contribution in [2.75, 3.05) is 0 Å². The Hall–Kier alpha value is -2.61. The van der Waals surface area contributed by atoms with Crippen LogP contribution in [0, 0.1) is 0 Å². The van der Waals surface area contributed by atoms with Crippen LogP contribution in [-0.2, 0) is 0 Å². The number of nitrogens with one attached hydrogen (secondary N) is 1. The zero-order valence-electron chi connectivity index (χ0n) is 10.3. The predicted octanol–water partition coefficient (Wildman–Crippen LogP) is 4.38. The second kappa shape index (κ2) is 3.95. The summed E-state index contributed by atoms with van der Waals surface area (Å²) in [5, 5.41) is 4.95. The molecule has 0 bridgehead atoms. The van der Waals surface area contributed by atoms with E-state index in [9.17, 15) is 0 Å². The van der Waals surface area contributed by atoms with Crippen molar-refractivity contribution in [2.45, 2.75) is 0 Å². The smallest absolute Gasteiger partial charge is 0.138 e. The van der Waals surface area contributed by atoms with E-state index in [4.69, 9.17) is 0 Å². The molecule has 0 fully saturated rings. The zero-order chi connectivity index (χ0) is 12.7. The molecule has 1 aromatic heterocycles. The maximum Gasteiger partial charge on any atom is 0.138 e. The van der Waals surface area contributed by atoms with Gasteiger partial charge in [0, 0.05) is 18.0 Å². The lowest BCUT2D eigenvalue weighted by Gasteiger charge is -2.09. The number of rotatable bonds is 1. The minimum Gasteiger partial charge on any atom is -0.345 e. The summed E-state index contributed by atoms with van der Waals surface area (Å²) in [6, 6.07) is 19.1. The van der Waals surface area contributed by atoms with Gasteiger partial charge in [0.15, 0.2) is 0 Å². The van der Waals surface area contributed by atoms with Crippen LogP contribution in [0.3, 0.4) is 0 Å². The van der Waals surface area contributed by atoms with Crippen molar-refractivity contribution < 1.29 is 0 Å². The van der Waals surface area contributed by atoms with E-state index in [2.05, 4.69) is 64.6 Å². The summed E-state index contributed by atoms with van der Waals surface area (Å²) in [6.45, 7) is 0. The van der Waals surface area contributed by atoms with Crippen molar-refractivity contribution in [1.82, 2.24) is 9.97 Å². The highest BCUT2D eigenvalue weighted by Crippen LogP contribution is 2.34. The summed E-state index contributed by atoms with van der Waals surface area (Å²) >= 11 is 0. The number of hydrogen-bond donors (Lipinski definition) is 1. The van der Waals surface area contributed by atoms with E-state index < -0.39 is 0 Å². The Morgan fingerprint density at radius 2 is 1.42 bits per heavy atom. The minimum atomic E-state index is 0.924. The van der Waals surface area contributed by atoms with Crippen molar-refractivity contribution in [3.05, 3.63) is 67.0 Å². The topological polar surface area (TPSA) is 28.7 Å². The Morgan fingerprint density at radius 3 is 2.00 bits per heavy atom. The fraction of sp³-hybridized carbons (Fsp3) is 0. The largest absolute Gasteiger partial charge is 0.345 e. The molecule has 4 rings (SSSR count). The molecule has 2 heteroatoms. The molecule has 0 radical (unpaired) electrons. The number of fused-ring (bicyclic) bond motifs is 2. The lowest BCUT2D eigenvalue weighted by Crippen LogP contribution is -1.86. The molecule has 2 nitrogen and oxygen atoms in total. The van der Waals surface area contributed by atoms with Crippen molar-refractivity contribution in [2.24, 2.45) is 0 Å². The molecule has 0 aliphatic carbocycles. The molecule has 0 saturated carbocycles. The van der Waals surface area contributed by atoms with Crippen LogP contribution < -0.4 is 0 Å². The summed E-state index contributed by atoms with van der Waals surface area (Å²) < 4.78 is 0. The van der Waals surface area contributed by atoms with E-state index in [-0.39, 0.29) is 0 Å². The third kappa shape index (κ3) is 1.54. The molecule has 0 spiro atoms. The number of H-pyrrole nitrogens is 1. The third-order valence-corrected chi connectivity index (χ3v) is 3.51. The van der Waals surface area contributed by atoms with Crippen LogP contribution in [0.1, 0.15) is 0 Å². The van der Waals surface area contributed by atoms with E-state index in [0.717, 1.165) is 5.82 Å². The predicted molar refractivity (Wildman–Crippen MR) is 79.0 cm³/mol. The van der Waals surface area contributed by atoms with Gasteiger partial charge in [0.2, 0.25) is 0 Å². The van der Waals surface area contributed by atoms with Crippen molar-refractivity contribution >= 4 is 21.5 Å². The highest BCUT2D eigenvalue weighted by molar-refractivity contribution is 6.11. The lowest BCUT2D eigenvalue weighted by molar-refractivity contribution is 1.33. The SMILES string of the molecule is c1ccc2c(-c3ncc[nH]3)c3ccccc3cc2c1.